The predicted molar refractivity (Wildman–Crippen MR) is 138 cm³/mol. The zero-order valence-electron chi connectivity index (χ0n) is 21.2. The molecule has 3 aromatic rings. The molecule has 0 aliphatic rings. The van der Waals surface area contributed by atoms with E-state index >= 15 is 0 Å². The molecule has 1 heterocycles. The number of hydrogen-bond donors (Lipinski definition) is 1. The number of amides is 2. The Morgan fingerprint density at radius 3 is 2.38 bits per heavy atom. The normalized spacial score (nSPS) is 11.9. The van der Waals surface area contributed by atoms with Crippen LogP contribution in [0.25, 0.3) is 5.69 Å². The maximum Gasteiger partial charge on any atom is 0.416 e. The Morgan fingerprint density at radius 2 is 1.76 bits per heavy atom. The summed E-state index contributed by atoms with van der Waals surface area (Å²) in [6.45, 7) is 7.75. The SMILES string of the molecule is CCCCN(CC(=O)Nc1cc(C(C)(C)C)nn1-c1ccccc1Cl)C(=O)c1cccc(C(F)(F)F)c1. The first-order valence-electron chi connectivity index (χ1n) is 11.9. The molecule has 0 atom stereocenters. The zero-order valence-corrected chi connectivity index (χ0v) is 22.0. The molecular weight excluding hydrogens is 505 g/mol. The standard InChI is InChI=1S/C27H30ClF3N4O2/c1-5-6-14-34(25(37)18-10-9-11-19(15-18)27(29,30)31)17-24(36)32-23-16-22(26(2,3)4)33-35(23)21-13-8-7-12-20(21)28/h7-13,15-16H,5-6,14,17H2,1-4H3,(H,32,36). The van der Waals surface area contributed by atoms with E-state index in [-0.39, 0.29) is 24.1 Å². The van der Waals surface area contributed by atoms with E-state index in [0.29, 0.717) is 28.6 Å². The van der Waals surface area contributed by atoms with Crippen molar-refractivity contribution in [2.24, 2.45) is 0 Å². The van der Waals surface area contributed by atoms with Crippen LogP contribution < -0.4 is 5.32 Å². The number of nitrogens with one attached hydrogen (secondary N) is 1. The summed E-state index contributed by atoms with van der Waals surface area (Å²) in [5, 5.41) is 7.88. The van der Waals surface area contributed by atoms with Crippen molar-refractivity contribution in [1.29, 1.82) is 0 Å². The van der Waals surface area contributed by atoms with E-state index in [0.717, 1.165) is 18.6 Å². The van der Waals surface area contributed by atoms with Gasteiger partial charge in [0, 0.05) is 23.6 Å². The second-order valence-corrected chi connectivity index (χ2v) is 10.1. The summed E-state index contributed by atoms with van der Waals surface area (Å²) in [6, 6.07) is 13.0. The van der Waals surface area contributed by atoms with Gasteiger partial charge in [-0.25, -0.2) is 4.68 Å². The first-order chi connectivity index (χ1) is 17.3. The molecule has 1 aromatic heterocycles. The fourth-order valence-electron chi connectivity index (χ4n) is 3.61. The molecule has 0 spiro atoms. The van der Waals surface area contributed by atoms with Crippen LogP contribution in [0.5, 0.6) is 0 Å². The summed E-state index contributed by atoms with van der Waals surface area (Å²) in [5.74, 6) is -0.792. The van der Waals surface area contributed by atoms with Gasteiger partial charge in [-0.1, -0.05) is 63.9 Å². The highest BCUT2D eigenvalue weighted by Crippen LogP contribution is 2.31. The van der Waals surface area contributed by atoms with E-state index in [1.807, 2.05) is 27.7 Å². The summed E-state index contributed by atoms with van der Waals surface area (Å²) in [6.07, 6.45) is -3.25. The van der Waals surface area contributed by atoms with Crippen LogP contribution in [0.15, 0.2) is 54.6 Å². The Labute approximate surface area is 219 Å². The van der Waals surface area contributed by atoms with E-state index < -0.39 is 23.6 Å². The second-order valence-electron chi connectivity index (χ2n) is 9.74. The molecule has 0 aliphatic carbocycles. The lowest BCUT2D eigenvalue weighted by Gasteiger charge is -2.22. The molecule has 0 fully saturated rings. The van der Waals surface area contributed by atoms with E-state index in [1.165, 1.54) is 21.7 Å². The first kappa shape index (κ1) is 28.2. The Kier molecular flexibility index (Phi) is 8.68. The average Bonchev–Trinajstić information content (AvgIpc) is 3.25. The highest BCUT2D eigenvalue weighted by atomic mass is 35.5. The highest BCUT2D eigenvalue weighted by Gasteiger charge is 2.31. The lowest BCUT2D eigenvalue weighted by molar-refractivity contribution is -0.137. The van der Waals surface area contributed by atoms with Crippen molar-refractivity contribution in [3.63, 3.8) is 0 Å². The van der Waals surface area contributed by atoms with Crippen LogP contribution in [0.4, 0.5) is 19.0 Å². The summed E-state index contributed by atoms with van der Waals surface area (Å²) in [4.78, 5) is 27.5. The van der Waals surface area contributed by atoms with Crippen molar-refractivity contribution >= 4 is 29.2 Å². The monoisotopic (exact) mass is 534 g/mol. The molecule has 6 nitrogen and oxygen atoms in total. The van der Waals surface area contributed by atoms with Gasteiger partial charge < -0.3 is 10.2 Å². The van der Waals surface area contributed by atoms with Gasteiger partial charge in [-0.3, -0.25) is 9.59 Å². The Bertz CT molecular complexity index is 1270. The minimum Gasteiger partial charge on any atom is -0.329 e. The van der Waals surface area contributed by atoms with Gasteiger partial charge in [0.1, 0.15) is 12.4 Å². The number of aromatic nitrogens is 2. The fraction of sp³-hybridized carbons (Fsp3) is 0.370. The summed E-state index contributed by atoms with van der Waals surface area (Å²) in [7, 11) is 0. The molecule has 37 heavy (non-hydrogen) atoms. The molecule has 0 aliphatic heterocycles. The Morgan fingerprint density at radius 1 is 1.05 bits per heavy atom. The van der Waals surface area contributed by atoms with Crippen molar-refractivity contribution in [2.75, 3.05) is 18.4 Å². The average molecular weight is 535 g/mol. The predicted octanol–water partition coefficient (Wildman–Crippen LogP) is 6.72. The number of carbonyl (C=O) groups is 2. The summed E-state index contributed by atoms with van der Waals surface area (Å²) in [5.41, 5.74) is -0.0894. The van der Waals surface area contributed by atoms with E-state index in [4.69, 9.17) is 11.6 Å². The van der Waals surface area contributed by atoms with Gasteiger partial charge in [0.05, 0.1) is 22.0 Å². The lowest BCUT2D eigenvalue weighted by atomic mass is 9.92. The maximum absolute atomic E-state index is 13.2. The largest absolute Gasteiger partial charge is 0.416 e. The first-order valence-corrected chi connectivity index (χ1v) is 12.3. The molecule has 0 bridgehead atoms. The van der Waals surface area contributed by atoms with Crippen molar-refractivity contribution in [3.8, 4) is 5.69 Å². The smallest absolute Gasteiger partial charge is 0.329 e. The van der Waals surface area contributed by atoms with Gasteiger partial charge in [0.25, 0.3) is 5.91 Å². The number of halogens is 4. The van der Waals surface area contributed by atoms with Crippen LogP contribution in [-0.2, 0) is 16.4 Å². The third kappa shape index (κ3) is 7.13. The fourth-order valence-corrected chi connectivity index (χ4v) is 3.83. The summed E-state index contributed by atoms with van der Waals surface area (Å²) < 4.78 is 41.1. The van der Waals surface area contributed by atoms with Gasteiger partial charge in [-0.05, 0) is 36.8 Å². The van der Waals surface area contributed by atoms with Crippen molar-refractivity contribution < 1.29 is 22.8 Å². The number of anilines is 1. The molecule has 198 valence electrons. The van der Waals surface area contributed by atoms with Crippen LogP contribution in [-0.4, -0.2) is 39.6 Å². The third-order valence-electron chi connectivity index (χ3n) is 5.67. The van der Waals surface area contributed by atoms with Crippen LogP contribution in [0.3, 0.4) is 0 Å². The molecule has 10 heteroatoms. The highest BCUT2D eigenvalue weighted by molar-refractivity contribution is 6.32. The van der Waals surface area contributed by atoms with Crippen LogP contribution in [0.1, 0.15) is 62.2 Å². The number of alkyl halides is 3. The minimum absolute atomic E-state index is 0.130. The molecule has 2 amide bonds. The third-order valence-corrected chi connectivity index (χ3v) is 5.99. The quantitative estimate of drug-likeness (QED) is 0.349. The lowest BCUT2D eigenvalue weighted by Crippen LogP contribution is -2.39. The van der Waals surface area contributed by atoms with Gasteiger partial charge in [-0.15, -0.1) is 0 Å². The number of rotatable bonds is 8. The molecule has 2 aromatic carbocycles. The van der Waals surface area contributed by atoms with Gasteiger partial charge in [0.15, 0.2) is 0 Å². The Balaban J connectivity index is 1.88. The number of benzene rings is 2. The van der Waals surface area contributed by atoms with Crippen LogP contribution in [0, 0.1) is 0 Å². The minimum atomic E-state index is -4.58. The number of carbonyl (C=O) groups excluding carboxylic acids is 2. The number of hydrogen-bond acceptors (Lipinski definition) is 3. The van der Waals surface area contributed by atoms with Crippen molar-refractivity contribution in [3.05, 3.63) is 76.4 Å². The number of para-hydroxylation sites is 1. The molecule has 1 N–H and O–H groups in total. The van der Waals surface area contributed by atoms with E-state index in [2.05, 4.69) is 10.4 Å². The van der Waals surface area contributed by atoms with Gasteiger partial charge in [0.2, 0.25) is 5.91 Å². The number of unbranched alkanes of at least 4 members (excludes halogenated alkanes) is 1. The molecule has 3 rings (SSSR count). The number of nitrogens with zero attached hydrogens (tertiary/aromatic N) is 3. The zero-order chi connectivity index (χ0) is 27.4. The van der Waals surface area contributed by atoms with Gasteiger partial charge in [-0.2, -0.15) is 18.3 Å². The van der Waals surface area contributed by atoms with E-state index in [1.54, 1.807) is 30.3 Å². The van der Waals surface area contributed by atoms with Crippen molar-refractivity contribution in [2.45, 2.75) is 52.1 Å². The van der Waals surface area contributed by atoms with Crippen molar-refractivity contribution in [1.82, 2.24) is 14.7 Å². The molecule has 0 unspecified atom stereocenters. The van der Waals surface area contributed by atoms with Crippen LogP contribution >= 0.6 is 11.6 Å². The van der Waals surface area contributed by atoms with Gasteiger partial charge >= 0.3 is 6.18 Å². The summed E-state index contributed by atoms with van der Waals surface area (Å²) >= 11 is 6.38. The Hall–Kier alpha value is -3.33. The van der Waals surface area contributed by atoms with Crippen LogP contribution in [0.2, 0.25) is 5.02 Å². The molecular formula is C27H30ClF3N4O2. The second kappa shape index (κ2) is 11.4. The molecule has 0 saturated carbocycles. The topological polar surface area (TPSA) is 67.2 Å². The molecule has 0 radical (unpaired) electrons. The maximum atomic E-state index is 13.2. The molecule has 0 saturated heterocycles. The van der Waals surface area contributed by atoms with E-state index in [9.17, 15) is 22.8 Å².